The summed E-state index contributed by atoms with van der Waals surface area (Å²) in [6.45, 7) is 1.28. The van der Waals surface area contributed by atoms with Gasteiger partial charge in [-0.05, 0) is 23.6 Å². The van der Waals surface area contributed by atoms with Gasteiger partial charge < -0.3 is 4.90 Å². The number of hydrogen-bond donors (Lipinski definition) is 0. The molecule has 0 unspecified atom stereocenters. The fourth-order valence-corrected chi connectivity index (χ4v) is 3.68. The van der Waals surface area contributed by atoms with Gasteiger partial charge >= 0.3 is 6.18 Å². The summed E-state index contributed by atoms with van der Waals surface area (Å²) in [6, 6.07) is 5.93. The third-order valence-corrected chi connectivity index (χ3v) is 5.10. The molecule has 0 saturated heterocycles. The van der Waals surface area contributed by atoms with Crippen LogP contribution in [0.15, 0.2) is 28.9 Å². The number of thiazole rings is 1. The molecule has 0 radical (unpaired) electrons. The average molecular weight is 363 g/mol. The first-order valence-electron chi connectivity index (χ1n) is 5.99. The highest BCUT2D eigenvalue weighted by Crippen LogP contribution is 2.38. The van der Waals surface area contributed by atoms with Crippen LogP contribution in [0.4, 0.5) is 18.3 Å². The molecular weight excluding hydrogens is 353 g/mol. The predicted molar refractivity (Wildman–Crippen MR) is 76.0 cm³/mol. The third kappa shape index (κ3) is 2.56. The molecule has 7 heteroatoms. The van der Waals surface area contributed by atoms with Crippen LogP contribution >= 0.6 is 27.3 Å². The van der Waals surface area contributed by atoms with Gasteiger partial charge in [-0.25, -0.2) is 4.98 Å². The molecular formula is C13H10BrF3N2S. The predicted octanol–water partition coefficient (Wildman–Crippen LogP) is 4.49. The van der Waals surface area contributed by atoms with E-state index in [2.05, 4.69) is 20.9 Å². The first-order chi connectivity index (χ1) is 9.45. The van der Waals surface area contributed by atoms with Gasteiger partial charge in [0.25, 0.3) is 0 Å². The molecule has 0 amide bonds. The van der Waals surface area contributed by atoms with E-state index in [1.54, 1.807) is 0 Å². The Kier molecular flexibility index (Phi) is 3.50. The summed E-state index contributed by atoms with van der Waals surface area (Å²) >= 11 is 4.21. The van der Waals surface area contributed by atoms with Gasteiger partial charge in [-0.1, -0.05) is 39.4 Å². The molecule has 0 aliphatic carbocycles. The number of alkyl halides is 3. The lowest BCUT2D eigenvalue weighted by atomic mass is 10.0. The summed E-state index contributed by atoms with van der Waals surface area (Å²) in [4.78, 5) is 5.17. The molecule has 2 heterocycles. The highest BCUT2D eigenvalue weighted by molar-refractivity contribution is 9.10. The van der Waals surface area contributed by atoms with Crippen LogP contribution in [-0.4, -0.2) is 11.5 Å². The monoisotopic (exact) mass is 362 g/mol. The molecule has 3 rings (SSSR count). The first kappa shape index (κ1) is 13.9. The summed E-state index contributed by atoms with van der Waals surface area (Å²) in [6.07, 6.45) is -2.60. The molecule has 1 aliphatic rings. The van der Waals surface area contributed by atoms with Crippen LogP contribution in [0.3, 0.4) is 0 Å². The van der Waals surface area contributed by atoms with Crippen molar-refractivity contribution in [3.8, 4) is 0 Å². The molecule has 106 valence electrons. The van der Waals surface area contributed by atoms with E-state index in [1.807, 2.05) is 23.1 Å². The van der Waals surface area contributed by atoms with Crippen LogP contribution in [0.25, 0.3) is 0 Å². The van der Waals surface area contributed by atoms with Gasteiger partial charge in [0.05, 0.1) is 6.20 Å². The first-order valence-corrected chi connectivity index (χ1v) is 7.60. The fourth-order valence-electron chi connectivity index (χ4n) is 2.27. The van der Waals surface area contributed by atoms with Crippen LogP contribution in [-0.2, 0) is 19.1 Å². The van der Waals surface area contributed by atoms with E-state index in [-0.39, 0.29) is 0 Å². The van der Waals surface area contributed by atoms with Gasteiger partial charge in [-0.2, -0.15) is 13.2 Å². The lowest BCUT2D eigenvalue weighted by molar-refractivity contribution is -0.134. The number of benzene rings is 1. The van der Waals surface area contributed by atoms with Crippen LogP contribution < -0.4 is 4.90 Å². The Morgan fingerprint density at radius 2 is 2.10 bits per heavy atom. The minimum absolute atomic E-state index is 0.433. The highest BCUT2D eigenvalue weighted by Gasteiger charge is 2.34. The van der Waals surface area contributed by atoms with Crippen molar-refractivity contribution >= 4 is 32.4 Å². The van der Waals surface area contributed by atoms with Gasteiger partial charge in [0.2, 0.25) is 0 Å². The van der Waals surface area contributed by atoms with E-state index in [0.717, 1.165) is 22.7 Å². The molecule has 1 aromatic carbocycles. The Bertz CT molecular complexity index is 639. The Hall–Kier alpha value is -1.08. The Morgan fingerprint density at radius 3 is 2.80 bits per heavy atom. The number of rotatable bonds is 1. The summed E-state index contributed by atoms with van der Waals surface area (Å²) in [5, 5.41) is 0.433. The number of halogens is 4. The summed E-state index contributed by atoms with van der Waals surface area (Å²) < 4.78 is 38.9. The normalized spacial score (nSPS) is 15.3. The molecule has 0 saturated carbocycles. The van der Waals surface area contributed by atoms with Crippen LogP contribution in [0, 0.1) is 0 Å². The van der Waals surface area contributed by atoms with Gasteiger partial charge in [0, 0.05) is 17.6 Å². The molecule has 2 aromatic rings. The van der Waals surface area contributed by atoms with Crippen molar-refractivity contribution in [1.29, 1.82) is 0 Å². The maximum Gasteiger partial charge on any atom is 0.427 e. The number of fused-ring (bicyclic) bond motifs is 1. The van der Waals surface area contributed by atoms with E-state index < -0.39 is 11.1 Å². The van der Waals surface area contributed by atoms with Crippen molar-refractivity contribution in [1.82, 2.24) is 4.98 Å². The van der Waals surface area contributed by atoms with Crippen molar-refractivity contribution in [2.24, 2.45) is 0 Å². The molecule has 1 aliphatic heterocycles. The Balaban J connectivity index is 1.85. The van der Waals surface area contributed by atoms with Crippen molar-refractivity contribution in [3.63, 3.8) is 0 Å². The SMILES string of the molecule is FC(F)(F)c1cnc(N2CCc3c(Br)cccc3C2)s1. The molecule has 0 bridgehead atoms. The molecule has 0 N–H and O–H groups in total. The maximum atomic E-state index is 12.6. The van der Waals surface area contributed by atoms with Crippen LogP contribution in [0.1, 0.15) is 16.0 Å². The van der Waals surface area contributed by atoms with Gasteiger partial charge in [0.1, 0.15) is 4.88 Å². The maximum absolute atomic E-state index is 12.6. The van der Waals surface area contributed by atoms with Crippen LogP contribution in [0.5, 0.6) is 0 Å². The minimum atomic E-state index is -4.31. The quantitative estimate of drug-likeness (QED) is 0.742. The second kappa shape index (κ2) is 5.04. The van der Waals surface area contributed by atoms with E-state index >= 15 is 0 Å². The van der Waals surface area contributed by atoms with Crippen LogP contribution in [0.2, 0.25) is 0 Å². The van der Waals surface area contributed by atoms with Gasteiger partial charge in [-0.3, -0.25) is 0 Å². The fraction of sp³-hybridized carbons (Fsp3) is 0.308. The van der Waals surface area contributed by atoms with Gasteiger partial charge in [0.15, 0.2) is 5.13 Å². The minimum Gasteiger partial charge on any atom is -0.343 e. The summed E-state index contributed by atoms with van der Waals surface area (Å²) in [7, 11) is 0. The average Bonchev–Trinajstić information content (AvgIpc) is 2.88. The summed E-state index contributed by atoms with van der Waals surface area (Å²) in [5.41, 5.74) is 2.37. The second-order valence-corrected chi connectivity index (χ2v) is 6.42. The zero-order valence-electron chi connectivity index (χ0n) is 10.2. The second-order valence-electron chi connectivity index (χ2n) is 4.55. The molecule has 0 spiro atoms. The van der Waals surface area contributed by atoms with Crippen molar-refractivity contribution in [2.45, 2.75) is 19.1 Å². The van der Waals surface area contributed by atoms with Crippen molar-refractivity contribution < 1.29 is 13.2 Å². The van der Waals surface area contributed by atoms with E-state index in [4.69, 9.17) is 0 Å². The highest BCUT2D eigenvalue weighted by atomic mass is 79.9. The molecule has 0 fully saturated rings. The zero-order valence-corrected chi connectivity index (χ0v) is 12.6. The molecule has 2 nitrogen and oxygen atoms in total. The molecule has 20 heavy (non-hydrogen) atoms. The van der Waals surface area contributed by atoms with E-state index in [9.17, 15) is 13.2 Å². The number of anilines is 1. The Morgan fingerprint density at radius 1 is 1.30 bits per heavy atom. The zero-order chi connectivity index (χ0) is 14.3. The van der Waals surface area contributed by atoms with Crippen molar-refractivity contribution in [2.75, 3.05) is 11.4 Å². The smallest absolute Gasteiger partial charge is 0.343 e. The molecule has 0 atom stereocenters. The topological polar surface area (TPSA) is 16.1 Å². The lowest BCUT2D eigenvalue weighted by Gasteiger charge is -2.29. The van der Waals surface area contributed by atoms with Crippen molar-refractivity contribution in [3.05, 3.63) is 44.9 Å². The number of nitrogens with zero attached hydrogens (tertiary/aromatic N) is 2. The summed E-state index contributed by atoms with van der Waals surface area (Å²) in [5.74, 6) is 0. The molecule has 1 aromatic heterocycles. The Labute approximate surface area is 126 Å². The third-order valence-electron chi connectivity index (χ3n) is 3.25. The standard InChI is InChI=1S/C13H10BrF3N2S/c14-10-3-1-2-8-7-19(5-4-9(8)10)12-18-6-11(20-12)13(15,16)17/h1-3,6H,4-5,7H2. The largest absolute Gasteiger partial charge is 0.427 e. The van der Waals surface area contributed by atoms with E-state index in [0.29, 0.717) is 29.6 Å². The van der Waals surface area contributed by atoms with Gasteiger partial charge in [-0.15, -0.1) is 0 Å². The number of hydrogen-bond acceptors (Lipinski definition) is 3. The lowest BCUT2D eigenvalue weighted by Crippen LogP contribution is -2.30. The van der Waals surface area contributed by atoms with E-state index in [1.165, 1.54) is 5.56 Å². The number of aromatic nitrogens is 1.